The van der Waals surface area contributed by atoms with Gasteiger partial charge in [0.05, 0.1) is 15.8 Å². The molecular formula is C15H17ClN2O2S. The molecule has 1 aromatic carbocycles. The summed E-state index contributed by atoms with van der Waals surface area (Å²) in [4.78, 5) is 4.27. The minimum absolute atomic E-state index is 0.285. The molecule has 21 heavy (non-hydrogen) atoms. The van der Waals surface area contributed by atoms with Crippen molar-refractivity contribution in [3.05, 3.63) is 47.2 Å². The van der Waals surface area contributed by atoms with E-state index in [2.05, 4.69) is 10.3 Å². The maximum Gasteiger partial charge on any atom is 0.182 e. The molecule has 6 heteroatoms. The molecule has 1 heterocycles. The van der Waals surface area contributed by atoms with Gasteiger partial charge in [-0.3, -0.25) is 0 Å². The van der Waals surface area contributed by atoms with E-state index >= 15 is 0 Å². The molecular weight excluding hydrogens is 308 g/mol. The average Bonchev–Trinajstić information content (AvgIpc) is 2.43. The van der Waals surface area contributed by atoms with Crippen LogP contribution in [0.5, 0.6) is 0 Å². The summed E-state index contributed by atoms with van der Waals surface area (Å²) in [7, 11) is -3.36. The fourth-order valence-corrected chi connectivity index (χ4v) is 3.21. The fraction of sp³-hybridized carbons (Fsp3) is 0.267. The molecule has 0 aliphatic carbocycles. The lowest BCUT2D eigenvalue weighted by molar-refractivity contribution is 0.588. The van der Waals surface area contributed by atoms with Crippen LogP contribution in [0.1, 0.15) is 19.4 Å². The number of hydrogen-bond donors (Lipinski definition) is 1. The van der Waals surface area contributed by atoms with Crippen molar-refractivity contribution in [2.75, 3.05) is 5.32 Å². The van der Waals surface area contributed by atoms with Crippen LogP contribution in [-0.4, -0.2) is 18.7 Å². The molecule has 0 amide bonds. The Balaban J connectivity index is 2.49. The molecule has 0 aliphatic heterocycles. The maximum atomic E-state index is 12.4. The summed E-state index contributed by atoms with van der Waals surface area (Å²) < 4.78 is 24.8. The van der Waals surface area contributed by atoms with Gasteiger partial charge >= 0.3 is 0 Å². The molecule has 112 valence electrons. The van der Waals surface area contributed by atoms with E-state index in [0.717, 1.165) is 11.3 Å². The van der Waals surface area contributed by atoms with Gasteiger partial charge in [0.15, 0.2) is 9.84 Å². The van der Waals surface area contributed by atoms with Gasteiger partial charge in [-0.15, -0.1) is 0 Å². The Morgan fingerprint density at radius 3 is 2.52 bits per heavy atom. The lowest BCUT2D eigenvalue weighted by atomic mass is 10.2. The minimum atomic E-state index is -3.36. The first-order chi connectivity index (χ1) is 9.82. The third-order valence-electron chi connectivity index (χ3n) is 3.15. The molecule has 0 radical (unpaired) electrons. The highest BCUT2D eigenvalue weighted by Crippen LogP contribution is 2.29. The van der Waals surface area contributed by atoms with Crippen LogP contribution in [0.4, 0.5) is 11.4 Å². The Labute approximate surface area is 130 Å². The van der Waals surface area contributed by atoms with Crippen molar-refractivity contribution in [3.63, 3.8) is 0 Å². The van der Waals surface area contributed by atoms with Crippen LogP contribution in [0, 0.1) is 6.92 Å². The van der Waals surface area contributed by atoms with Crippen molar-refractivity contribution < 1.29 is 8.42 Å². The van der Waals surface area contributed by atoms with Crippen LogP contribution in [0.15, 0.2) is 41.4 Å². The zero-order valence-corrected chi connectivity index (χ0v) is 13.7. The van der Waals surface area contributed by atoms with Crippen molar-refractivity contribution in [1.82, 2.24) is 4.98 Å². The molecule has 0 fully saturated rings. The number of sulfone groups is 1. The second-order valence-corrected chi connectivity index (χ2v) is 7.90. The molecule has 0 aliphatic rings. The van der Waals surface area contributed by atoms with Gasteiger partial charge in [-0.25, -0.2) is 13.4 Å². The summed E-state index contributed by atoms with van der Waals surface area (Å²) >= 11 is 5.89. The average molecular weight is 325 g/mol. The van der Waals surface area contributed by atoms with Crippen LogP contribution < -0.4 is 5.32 Å². The molecule has 0 saturated carbocycles. The zero-order valence-electron chi connectivity index (χ0n) is 12.1. The number of para-hydroxylation sites is 1. The minimum Gasteiger partial charge on any atom is -0.354 e. The smallest absolute Gasteiger partial charge is 0.182 e. The summed E-state index contributed by atoms with van der Waals surface area (Å²) in [6.45, 7) is 5.21. The molecule has 4 nitrogen and oxygen atoms in total. The number of halogens is 1. The standard InChI is InChI=1S/C15H17ClN2O2S/c1-10(2)21(19,20)14-7-5-4-6-12(14)18-13-8-15(16)17-9-11(13)3/h4-10H,1-3H3,(H,17,18). The third-order valence-corrected chi connectivity index (χ3v) is 5.57. The van der Waals surface area contributed by atoms with Gasteiger partial charge in [-0.05, 0) is 44.5 Å². The Hall–Kier alpha value is -1.59. The van der Waals surface area contributed by atoms with E-state index < -0.39 is 15.1 Å². The van der Waals surface area contributed by atoms with Crippen molar-refractivity contribution in [2.45, 2.75) is 30.9 Å². The number of nitrogens with one attached hydrogen (secondary N) is 1. The molecule has 2 aromatic rings. The highest BCUT2D eigenvalue weighted by atomic mass is 35.5. The van der Waals surface area contributed by atoms with Gasteiger partial charge in [0.25, 0.3) is 0 Å². The van der Waals surface area contributed by atoms with Crippen LogP contribution in [-0.2, 0) is 9.84 Å². The second-order valence-electron chi connectivity index (χ2n) is 5.04. The highest BCUT2D eigenvalue weighted by Gasteiger charge is 2.22. The number of nitrogens with zero attached hydrogens (tertiary/aromatic N) is 1. The first kappa shape index (κ1) is 15.8. The normalized spacial score (nSPS) is 11.7. The topological polar surface area (TPSA) is 59.1 Å². The predicted octanol–water partition coefficient (Wildman–Crippen LogP) is 3.97. The largest absolute Gasteiger partial charge is 0.354 e. The van der Waals surface area contributed by atoms with E-state index in [-0.39, 0.29) is 4.90 Å². The summed E-state index contributed by atoms with van der Waals surface area (Å²) in [5, 5.41) is 3.01. The van der Waals surface area contributed by atoms with E-state index in [1.807, 2.05) is 6.92 Å². The summed E-state index contributed by atoms with van der Waals surface area (Å²) in [6, 6.07) is 8.53. The molecule has 0 spiro atoms. The predicted molar refractivity (Wildman–Crippen MR) is 86.0 cm³/mol. The van der Waals surface area contributed by atoms with E-state index in [1.54, 1.807) is 50.4 Å². The summed E-state index contributed by atoms with van der Waals surface area (Å²) in [5.41, 5.74) is 2.16. The molecule has 0 atom stereocenters. The Bertz CT molecular complexity index is 758. The first-order valence-electron chi connectivity index (χ1n) is 6.54. The number of hydrogen-bond acceptors (Lipinski definition) is 4. The lowest BCUT2D eigenvalue weighted by Gasteiger charge is -2.15. The van der Waals surface area contributed by atoms with Gasteiger partial charge in [0, 0.05) is 11.9 Å². The van der Waals surface area contributed by atoms with Gasteiger partial charge in [0.1, 0.15) is 5.15 Å². The molecule has 0 saturated heterocycles. The molecule has 2 rings (SSSR count). The SMILES string of the molecule is Cc1cnc(Cl)cc1Nc1ccccc1S(=O)(=O)C(C)C. The van der Waals surface area contributed by atoms with Crippen LogP contribution >= 0.6 is 11.6 Å². The van der Waals surface area contributed by atoms with Crippen LogP contribution in [0.25, 0.3) is 0 Å². The number of aryl methyl sites for hydroxylation is 1. The quantitative estimate of drug-likeness (QED) is 0.864. The second kappa shape index (κ2) is 6.03. The van der Waals surface area contributed by atoms with Crippen molar-refractivity contribution in [1.29, 1.82) is 0 Å². The molecule has 0 unspecified atom stereocenters. The molecule has 0 bridgehead atoms. The van der Waals surface area contributed by atoms with E-state index in [0.29, 0.717) is 10.8 Å². The summed E-state index contributed by atoms with van der Waals surface area (Å²) in [5.74, 6) is 0. The fourth-order valence-electron chi connectivity index (χ4n) is 1.85. The highest BCUT2D eigenvalue weighted by molar-refractivity contribution is 7.92. The van der Waals surface area contributed by atoms with Gasteiger partial charge in [-0.2, -0.15) is 0 Å². The van der Waals surface area contributed by atoms with Crippen LogP contribution in [0.2, 0.25) is 5.15 Å². The Morgan fingerprint density at radius 2 is 1.86 bits per heavy atom. The van der Waals surface area contributed by atoms with E-state index in [1.165, 1.54) is 0 Å². The first-order valence-corrected chi connectivity index (χ1v) is 8.47. The number of aromatic nitrogens is 1. The zero-order chi connectivity index (χ0) is 15.6. The van der Waals surface area contributed by atoms with E-state index in [4.69, 9.17) is 11.6 Å². The molecule has 1 aromatic heterocycles. The molecule has 1 N–H and O–H groups in total. The van der Waals surface area contributed by atoms with Gasteiger partial charge < -0.3 is 5.32 Å². The van der Waals surface area contributed by atoms with Crippen molar-refractivity contribution in [3.8, 4) is 0 Å². The number of pyridine rings is 1. The lowest BCUT2D eigenvalue weighted by Crippen LogP contribution is -2.15. The van der Waals surface area contributed by atoms with Crippen LogP contribution in [0.3, 0.4) is 0 Å². The third kappa shape index (κ3) is 3.36. The summed E-state index contributed by atoms with van der Waals surface area (Å²) in [6.07, 6.45) is 1.64. The van der Waals surface area contributed by atoms with Crippen molar-refractivity contribution in [2.24, 2.45) is 0 Å². The van der Waals surface area contributed by atoms with E-state index in [9.17, 15) is 8.42 Å². The number of anilines is 2. The Morgan fingerprint density at radius 1 is 1.19 bits per heavy atom. The number of rotatable bonds is 4. The Kier molecular flexibility index (Phi) is 4.54. The maximum absolute atomic E-state index is 12.4. The number of benzene rings is 1. The van der Waals surface area contributed by atoms with Gasteiger partial charge in [-0.1, -0.05) is 23.7 Å². The monoisotopic (exact) mass is 324 g/mol. The van der Waals surface area contributed by atoms with Gasteiger partial charge in [0.2, 0.25) is 0 Å². The van der Waals surface area contributed by atoms with Crippen molar-refractivity contribution >= 4 is 32.8 Å².